The molecule has 0 aromatic carbocycles. The Morgan fingerprint density at radius 1 is 1.64 bits per heavy atom. The first-order valence-corrected chi connectivity index (χ1v) is 5.47. The standard InChI is InChI=1S/C11H21NO2/c1-4-12(3)11(10(13)14)7-5-6-9(2)8-11/h9H,4-8H2,1-3H3,(H,13,14). The molecule has 1 aliphatic carbocycles. The van der Waals surface area contributed by atoms with Crippen LogP contribution in [0.1, 0.15) is 39.5 Å². The van der Waals surface area contributed by atoms with Gasteiger partial charge in [0, 0.05) is 0 Å². The van der Waals surface area contributed by atoms with Crippen LogP contribution in [-0.4, -0.2) is 35.1 Å². The first kappa shape index (κ1) is 11.5. The molecule has 0 aromatic heterocycles. The third-order valence-corrected chi connectivity index (χ3v) is 3.58. The summed E-state index contributed by atoms with van der Waals surface area (Å²) in [7, 11) is 1.92. The molecule has 0 aliphatic heterocycles. The molecule has 0 saturated heterocycles. The van der Waals surface area contributed by atoms with Gasteiger partial charge in [-0.1, -0.05) is 26.7 Å². The van der Waals surface area contributed by atoms with Crippen LogP contribution >= 0.6 is 0 Å². The van der Waals surface area contributed by atoms with Gasteiger partial charge in [-0.25, -0.2) is 0 Å². The minimum Gasteiger partial charge on any atom is -0.480 e. The quantitative estimate of drug-likeness (QED) is 0.755. The van der Waals surface area contributed by atoms with Crippen LogP contribution in [0.2, 0.25) is 0 Å². The molecule has 0 heterocycles. The van der Waals surface area contributed by atoms with Crippen LogP contribution in [0.25, 0.3) is 0 Å². The zero-order chi connectivity index (χ0) is 10.8. The maximum absolute atomic E-state index is 11.4. The van der Waals surface area contributed by atoms with Crippen molar-refractivity contribution in [1.29, 1.82) is 0 Å². The molecule has 1 N–H and O–H groups in total. The molecule has 0 amide bonds. The van der Waals surface area contributed by atoms with E-state index in [0.717, 1.165) is 25.8 Å². The molecule has 14 heavy (non-hydrogen) atoms. The summed E-state index contributed by atoms with van der Waals surface area (Å²) in [5.41, 5.74) is -0.591. The third kappa shape index (κ3) is 1.92. The van der Waals surface area contributed by atoms with E-state index in [2.05, 4.69) is 6.92 Å². The lowest BCUT2D eigenvalue weighted by molar-refractivity contribution is -0.154. The van der Waals surface area contributed by atoms with Crippen LogP contribution in [0.15, 0.2) is 0 Å². The predicted octanol–water partition coefficient (Wildman–Crippen LogP) is 1.97. The maximum atomic E-state index is 11.4. The van der Waals surface area contributed by atoms with E-state index in [1.165, 1.54) is 6.42 Å². The molecule has 0 aromatic rings. The highest BCUT2D eigenvalue weighted by Gasteiger charge is 2.44. The number of likely N-dealkylation sites (N-methyl/N-ethyl adjacent to an activating group) is 1. The normalized spacial score (nSPS) is 33.3. The summed E-state index contributed by atoms with van der Waals surface area (Å²) in [4.78, 5) is 13.4. The van der Waals surface area contributed by atoms with Crippen molar-refractivity contribution in [2.24, 2.45) is 5.92 Å². The van der Waals surface area contributed by atoms with Gasteiger partial charge in [-0.3, -0.25) is 9.69 Å². The molecule has 2 unspecified atom stereocenters. The van der Waals surface area contributed by atoms with E-state index in [0.29, 0.717) is 5.92 Å². The molecule has 1 fully saturated rings. The Kier molecular flexibility index (Phi) is 3.53. The monoisotopic (exact) mass is 199 g/mol. The number of rotatable bonds is 3. The van der Waals surface area contributed by atoms with Crippen molar-refractivity contribution in [3.05, 3.63) is 0 Å². The van der Waals surface area contributed by atoms with Gasteiger partial charge in [0.1, 0.15) is 5.54 Å². The van der Waals surface area contributed by atoms with Gasteiger partial charge in [0.05, 0.1) is 0 Å². The first-order chi connectivity index (χ1) is 6.53. The van der Waals surface area contributed by atoms with Gasteiger partial charge in [-0.15, -0.1) is 0 Å². The average molecular weight is 199 g/mol. The van der Waals surface area contributed by atoms with E-state index in [9.17, 15) is 9.90 Å². The van der Waals surface area contributed by atoms with Crippen LogP contribution in [-0.2, 0) is 4.79 Å². The number of carboxylic acid groups (broad SMARTS) is 1. The van der Waals surface area contributed by atoms with Crippen molar-refractivity contribution < 1.29 is 9.90 Å². The summed E-state index contributed by atoms with van der Waals surface area (Å²) < 4.78 is 0. The summed E-state index contributed by atoms with van der Waals surface area (Å²) >= 11 is 0. The molecule has 0 spiro atoms. The van der Waals surface area contributed by atoms with E-state index in [1.807, 2.05) is 18.9 Å². The highest BCUT2D eigenvalue weighted by Crippen LogP contribution is 2.36. The van der Waals surface area contributed by atoms with Gasteiger partial charge >= 0.3 is 5.97 Å². The van der Waals surface area contributed by atoms with Crippen molar-refractivity contribution in [3.63, 3.8) is 0 Å². The molecular weight excluding hydrogens is 178 g/mol. The van der Waals surface area contributed by atoms with E-state index in [4.69, 9.17) is 0 Å². The number of nitrogens with zero attached hydrogens (tertiary/aromatic N) is 1. The van der Waals surface area contributed by atoms with Crippen molar-refractivity contribution in [2.75, 3.05) is 13.6 Å². The number of hydrogen-bond donors (Lipinski definition) is 1. The number of carboxylic acids is 1. The van der Waals surface area contributed by atoms with Gasteiger partial charge in [-0.05, 0) is 32.4 Å². The van der Waals surface area contributed by atoms with Crippen molar-refractivity contribution in [2.45, 2.75) is 45.1 Å². The smallest absolute Gasteiger partial charge is 0.324 e. The SMILES string of the molecule is CCN(C)C1(C(=O)O)CCCC(C)C1. The van der Waals surface area contributed by atoms with Crippen molar-refractivity contribution >= 4 is 5.97 Å². The van der Waals surface area contributed by atoms with Gasteiger partial charge in [0.15, 0.2) is 0 Å². The zero-order valence-corrected chi connectivity index (χ0v) is 9.42. The average Bonchev–Trinajstić information content (AvgIpc) is 2.16. The fraction of sp³-hybridized carbons (Fsp3) is 0.909. The molecule has 82 valence electrons. The summed E-state index contributed by atoms with van der Waals surface area (Å²) in [6, 6.07) is 0. The summed E-state index contributed by atoms with van der Waals surface area (Å²) in [5.74, 6) is -0.109. The van der Waals surface area contributed by atoms with Crippen LogP contribution in [0, 0.1) is 5.92 Å². The summed E-state index contributed by atoms with van der Waals surface area (Å²) in [6.07, 6.45) is 3.81. The molecular formula is C11H21NO2. The topological polar surface area (TPSA) is 40.5 Å². The van der Waals surface area contributed by atoms with Gasteiger partial charge in [0.2, 0.25) is 0 Å². The lowest BCUT2D eigenvalue weighted by Crippen LogP contribution is -2.55. The van der Waals surface area contributed by atoms with Crippen molar-refractivity contribution in [3.8, 4) is 0 Å². The molecule has 0 radical (unpaired) electrons. The lowest BCUT2D eigenvalue weighted by atomic mass is 9.75. The van der Waals surface area contributed by atoms with Gasteiger partial charge in [0.25, 0.3) is 0 Å². The Bertz CT molecular complexity index is 217. The molecule has 1 saturated carbocycles. The highest BCUT2D eigenvalue weighted by molar-refractivity contribution is 5.79. The lowest BCUT2D eigenvalue weighted by Gasteiger charge is -2.42. The Morgan fingerprint density at radius 2 is 2.29 bits per heavy atom. The van der Waals surface area contributed by atoms with Crippen LogP contribution < -0.4 is 0 Å². The molecule has 3 nitrogen and oxygen atoms in total. The molecule has 1 rings (SSSR count). The molecule has 3 heteroatoms. The Hall–Kier alpha value is -0.570. The maximum Gasteiger partial charge on any atom is 0.324 e. The van der Waals surface area contributed by atoms with Gasteiger partial charge < -0.3 is 5.11 Å². The Morgan fingerprint density at radius 3 is 2.71 bits per heavy atom. The van der Waals surface area contributed by atoms with E-state index in [1.54, 1.807) is 0 Å². The first-order valence-electron chi connectivity index (χ1n) is 5.47. The second kappa shape index (κ2) is 4.30. The number of aliphatic carboxylic acids is 1. The second-order valence-electron chi connectivity index (χ2n) is 4.55. The minimum atomic E-state index is -0.645. The van der Waals surface area contributed by atoms with E-state index in [-0.39, 0.29) is 0 Å². The van der Waals surface area contributed by atoms with E-state index >= 15 is 0 Å². The Labute approximate surface area is 86.1 Å². The fourth-order valence-corrected chi connectivity index (χ4v) is 2.53. The van der Waals surface area contributed by atoms with E-state index < -0.39 is 11.5 Å². The number of carbonyl (C=O) groups is 1. The minimum absolute atomic E-state index is 0.536. The summed E-state index contributed by atoms with van der Waals surface area (Å²) in [6.45, 7) is 4.98. The third-order valence-electron chi connectivity index (χ3n) is 3.58. The highest BCUT2D eigenvalue weighted by atomic mass is 16.4. The van der Waals surface area contributed by atoms with Crippen LogP contribution in [0.3, 0.4) is 0 Å². The largest absolute Gasteiger partial charge is 0.480 e. The van der Waals surface area contributed by atoms with Gasteiger partial charge in [-0.2, -0.15) is 0 Å². The predicted molar refractivity (Wildman–Crippen MR) is 56.3 cm³/mol. The number of hydrogen-bond acceptors (Lipinski definition) is 2. The summed E-state index contributed by atoms with van der Waals surface area (Å²) in [5, 5.41) is 9.37. The van der Waals surface area contributed by atoms with Crippen molar-refractivity contribution in [1.82, 2.24) is 4.90 Å². The van der Waals surface area contributed by atoms with Crippen LogP contribution in [0.4, 0.5) is 0 Å². The molecule has 1 aliphatic rings. The zero-order valence-electron chi connectivity index (χ0n) is 9.42. The Balaban J connectivity index is 2.85. The van der Waals surface area contributed by atoms with Crippen LogP contribution in [0.5, 0.6) is 0 Å². The fourth-order valence-electron chi connectivity index (χ4n) is 2.53. The molecule has 0 bridgehead atoms. The molecule has 2 atom stereocenters. The second-order valence-corrected chi connectivity index (χ2v) is 4.55.